The molecule has 104 valence electrons. The zero-order valence-corrected chi connectivity index (χ0v) is 11.9. The third kappa shape index (κ3) is 3.18. The first kappa shape index (κ1) is 14.6. The van der Waals surface area contributed by atoms with Crippen LogP contribution in [0.15, 0.2) is 53.4 Å². The molecule has 0 unspecified atom stereocenters. The number of aromatic carboxylic acids is 1. The van der Waals surface area contributed by atoms with Crippen molar-refractivity contribution >= 4 is 27.4 Å². The normalized spacial score (nSPS) is 11.2. The second-order valence-electron chi connectivity index (χ2n) is 4.18. The summed E-state index contributed by atoms with van der Waals surface area (Å²) in [5.41, 5.74) is 0.417. The Morgan fingerprint density at radius 1 is 1.10 bits per heavy atom. The summed E-state index contributed by atoms with van der Waals surface area (Å²) in [7, 11) is -3.64. The summed E-state index contributed by atoms with van der Waals surface area (Å²) in [4.78, 5) is 10.8. The lowest BCUT2D eigenvalue weighted by molar-refractivity contribution is 0.0696. The molecule has 0 heterocycles. The van der Waals surface area contributed by atoms with Gasteiger partial charge >= 0.3 is 5.97 Å². The highest BCUT2D eigenvalue weighted by molar-refractivity contribution is 7.90. The SMILES string of the molecule is O=C(O)c1cccc(S(=O)(=O)Cc2ccccc2Cl)c1. The van der Waals surface area contributed by atoms with Gasteiger partial charge in [-0.2, -0.15) is 0 Å². The van der Waals surface area contributed by atoms with Gasteiger partial charge in [0.05, 0.1) is 16.2 Å². The maximum absolute atomic E-state index is 12.3. The number of hydrogen-bond acceptors (Lipinski definition) is 3. The van der Waals surface area contributed by atoms with Crippen molar-refractivity contribution in [1.82, 2.24) is 0 Å². The standard InChI is InChI=1S/C14H11ClO4S/c15-13-7-2-1-4-11(13)9-20(18,19)12-6-3-5-10(8-12)14(16)17/h1-8H,9H2,(H,16,17). The van der Waals surface area contributed by atoms with Crippen LogP contribution in [-0.4, -0.2) is 19.5 Å². The van der Waals surface area contributed by atoms with E-state index in [0.717, 1.165) is 6.07 Å². The van der Waals surface area contributed by atoms with Gasteiger partial charge in [-0.25, -0.2) is 13.2 Å². The average molecular weight is 311 g/mol. The molecule has 0 amide bonds. The lowest BCUT2D eigenvalue weighted by Crippen LogP contribution is -2.07. The smallest absolute Gasteiger partial charge is 0.335 e. The minimum absolute atomic E-state index is 0.0303. The quantitative estimate of drug-likeness (QED) is 0.942. The number of benzene rings is 2. The molecule has 0 bridgehead atoms. The van der Waals surface area contributed by atoms with E-state index in [2.05, 4.69) is 0 Å². The number of carboxylic acid groups (broad SMARTS) is 1. The molecule has 2 rings (SSSR count). The Hall–Kier alpha value is -1.85. The van der Waals surface area contributed by atoms with Gasteiger partial charge in [-0.15, -0.1) is 0 Å². The highest BCUT2D eigenvalue weighted by Crippen LogP contribution is 2.22. The van der Waals surface area contributed by atoms with Gasteiger partial charge < -0.3 is 5.11 Å². The Morgan fingerprint density at radius 3 is 2.45 bits per heavy atom. The highest BCUT2D eigenvalue weighted by atomic mass is 35.5. The Balaban J connectivity index is 2.38. The van der Waals surface area contributed by atoms with E-state index in [1.54, 1.807) is 24.3 Å². The van der Waals surface area contributed by atoms with Crippen molar-refractivity contribution in [2.24, 2.45) is 0 Å². The highest BCUT2D eigenvalue weighted by Gasteiger charge is 2.18. The molecule has 0 aliphatic rings. The molecule has 2 aromatic carbocycles. The molecule has 0 saturated heterocycles. The Morgan fingerprint density at radius 2 is 1.80 bits per heavy atom. The van der Waals surface area contributed by atoms with Crippen LogP contribution in [0.3, 0.4) is 0 Å². The van der Waals surface area contributed by atoms with Gasteiger partial charge in [0.25, 0.3) is 0 Å². The van der Waals surface area contributed by atoms with Crippen LogP contribution in [0.4, 0.5) is 0 Å². The molecule has 2 aromatic rings. The summed E-state index contributed by atoms with van der Waals surface area (Å²) in [6.07, 6.45) is 0. The average Bonchev–Trinajstić information content (AvgIpc) is 2.41. The Kier molecular flexibility index (Phi) is 4.11. The molecule has 6 heteroatoms. The van der Waals surface area contributed by atoms with Crippen molar-refractivity contribution in [2.45, 2.75) is 10.6 Å². The second-order valence-corrected chi connectivity index (χ2v) is 6.58. The van der Waals surface area contributed by atoms with Crippen LogP contribution in [0.1, 0.15) is 15.9 Å². The van der Waals surface area contributed by atoms with Crippen molar-refractivity contribution < 1.29 is 18.3 Å². The summed E-state index contributed by atoms with van der Waals surface area (Å²) in [5.74, 6) is -1.43. The molecule has 20 heavy (non-hydrogen) atoms. The topological polar surface area (TPSA) is 71.4 Å². The summed E-state index contributed by atoms with van der Waals surface area (Å²) >= 11 is 5.94. The lowest BCUT2D eigenvalue weighted by Gasteiger charge is -2.07. The van der Waals surface area contributed by atoms with Gasteiger partial charge in [0.15, 0.2) is 9.84 Å². The molecule has 4 nitrogen and oxygen atoms in total. The predicted molar refractivity (Wildman–Crippen MR) is 75.7 cm³/mol. The van der Waals surface area contributed by atoms with E-state index in [1.807, 2.05) is 0 Å². The first-order chi connectivity index (χ1) is 9.40. The van der Waals surface area contributed by atoms with Crippen molar-refractivity contribution in [2.75, 3.05) is 0 Å². The third-order valence-corrected chi connectivity index (χ3v) is 4.78. The summed E-state index contributed by atoms with van der Waals surface area (Å²) in [6, 6.07) is 11.9. The third-order valence-electron chi connectivity index (χ3n) is 2.74. The second kappa shape index (κ2) is 5.64. The van der Waals surface area contributed by atoms with E-state index in [4.69, 9.17) is 16.7 Å². The summed E-state index contributed by atoms with van der Waals surface area (Å²) in [5, 5.41) is 9.26. The number of carbonyl (C=O) groups is 1. The minimum atomic E-state index is -3.64. The molecular weight excluding hydrogens is 300 g/mol. The number of halogens is 1. The van der Waals surface area contributed by atoms with E-state index in [9.17, 15) is 13.2 Å². The monoisotopic (exact) mass is 310 g/mol. The maximum Gasteiger partial charge on any atom is 0.335 e. The fraction of sp³-hybridized carbons (Fsp3) is 0.0714. The van der Waals surface area contributed by atoms with E-state index in [0.29, 0.717) is 10.6 Å². The molecule has 0 radical (unpaired) electrons. The molecule has 0 aliphatic carbocycles. The molecule has 0 atom stereocenters. The first-order valence-corrected chi connectivity index (χ1v) is 7.73. The van der Waals surface area contributed by atoms with E-state index in [1.165, 1.54) is 18.2 Å². The molecule has 0 aromatic heterocycles. The van der Waals surface area contributed by atoms with Crippen LogP contribution in [-0.2, 0) is 15.6 Å². The Bertz CT molecular complexity index is 753. The number of carboxylic acids is 1. The van der Waals surface area contributed by atoms with Gasteiger partial charge in [0.1, 0.15) is 0 Å². The van der Waals surface area contributed by atoms with Crippen LogP contribution in [0.2, 0.25) is 5.02 Å². The molecular formula is C14H11ClO4S. The Labute approximate surface area is 121 Å². The molecule has 0 saturated carbocycles. The van der Waals surface area contributed by atoms with Crippen LogP contribution in [0.5, 0.6) is 0 Å². The molecule has 0 fully saturated rings. The fourth-order valence-corrected chi connectivity index (χ4v) is 3.43. The lowest BCUT2D eigenvalue weighted by atomic mass is 10.2. The van der Waals surface area contributed by atoms with Gasteiger partial charge in [-0.3, -0.25) is 0 Å². The zero-order valence-electron chi connectivity index (χ0n) is 10.3. The fourth-order valence-electron chi connectivity index (χ4n) is 1.73. The molecule has 0 spiro atoms. The first-order valence-electron chi connectivity index (χ1n) is 5.70. The van der Waals surface area contributed by atoms with E-state index in [-0.39, 0.29) is 16.2 Å². The van der Waals surface area contributed by atoms with Crippen molar-refractivity contribution in [1.29, 1.82) is 0 Å². The van der Waals surface area contributed by atoms with Crippen LogP contribution in [0.25, 0.3) is 0 Å². The van der Waals surface area contributed by atoms with E-state index < -0.39 is 15.8 Å². The largest absolute Gasteiger partial charge is 0.478 e. The van der Waals surface area contributed by atoms with Crippen LogP contribution < -0.4 is 0 Å². The van der Waals surface area contributed by atoms with Crippen LogP contribution in [0, 0.1) is 0 Å². The summed E-state index contributed by atoms with van der Waals surface area (Å²) < 4.78 is 24.6. The molecule has 0 aliphatic heterocycles. The molecule has 1 N–H and O–H groups in total. The van der Waals surface area contributed by atoms with Gasteiger partial charge in [-0.05, 0) is 29.8 Å². The van der Waals surface area contributed by atoms with Gasteiger partial charge in [0, 0.05) is 5.02 Å². The van der Waals surface area contributed by atoms with Crippen molar-refractivity contribution in [3.63, 3.8) is 0 Å². The predicted octanol–water partition coefficient (Wildman–Crippen LogP) is 3.01. The number of rotatable bonds is 4. The van der Waals surface area contributed by atoms with Crippen molar-refractivity contribution in [3.05, 3.63) is 64.7 Å². The zero-order chi connectivity index (χ0) is 14.8. The minimum Gasteiger partial charge on any atom is -0.478 e. The summed E-state index contributed by atoms with van der Waals surface area (Å²) in [6.45, 7) is 0. The van der Waals surface area contributed by atoms with Crippen molar-refractivity contribution in [3.8, 4) is 0 Å². The van der Waals surface area contributed by atoms with E-state index >= 15 is 0 Å². The number of hydrogen-bond donors (Lipinski definition) is 1. The maximum atomic E-state index is 12.3. The van der Waals surface area contributed by atoms with Gasteiger partial charge in [0.2, 0.25) is 0 Å². The van der Waals surface area contributed by atoms with Gasteiger partial charge in [-0.1, -0.05) is 35.9 Å². The number of sulfone groups is 1. The van der Waals surface area contributed by atoms with Crippen LogP contribution >= 0.6 is 11.6 Å².